The van der Waals surface area contributed by atoms with Gasteiger partial charge >= 0.3 is 5.97 Å². The van der Waals surface area contributed by atoms with Crippen LogP contribution in [-0.4, -0.2) is 28.0 Å². The van der Waals surface area contributed by atoms with Gasteiger partial charge in [0.15, 0.2) is 0 Å². The second kappa shape index (κ2) is 6.99. The Bertz CT molecular complexity index is 917. The fourth-order valence-electron chi connectivity index (χ4n) is 2.52. The molecule has 0 bridgehead atoms. The fraction of sp³-hybridized carbons (Fsp3) is 0.158. The largest absolute Gasteiger partial charge is 0.497 e. The molecule has 3 rings (SSSR count). The van der Waals surface area contributed by atoms with Gasteiger partial charge in [-0.15, -0.1) is 0 Å². The lowest BCUT2D eigenvalue weighted by atomic mass is 10.1. The summed E-state index contributed by atoms with van der Waals surface area (Å²) in [6.45, 7) is 2.25. The van der Waals surface area contributed by atoms with Gasteiger partial charge < -0.3 is 9.84 Å². The van der Waals surface area contributed by atoms with E-state index in [1.54, 1.807) is 13.2 Å². The quantitative estimate of drug-likeness (QED) is 0.741. The Morgan fingerprint density at radius 1 is 1.20 bits per heavy atom. The lowest BCUT2D eigenvalue weighted by Crippen LogP contribution is -2.10. The van der Waals surface area contributed by atoms with Gasteiger partial charge in [0.05, 0.1) is 19.3 Å². The van der Waals surface area contributed by atoms with E-state index < -0.39 is 5.97 Å². The first-order valence-corrected chi connectivity index (χ1v) is 8.06. The Hall–Kier alpha value is -2.79. The Balaban J connectivity index is 1.96. The molecule has 3 aromatic rings. The van der Waals surface area contributed by atoms with E-state index in [4.69, 9.17) is 16.3 Å². The molecule has 25 heavy (non-hydrogen) atoms. The summed E-state index contributed by atoms with van der Waals surface area (Å²) < 4.78 is 6.61. The number of halogens is 1. The van der Waals surface area contributed by atoms with Gasteiger partial charge in [0.25, 0.3) is 0 Å². The molecule has 0 aliphatic rings. The number of nitrogens with zero attached hydrogens (tertiary/aromatic N) is 2. The number of carboxylic acid groups (broad SMARTS) is 1. The van der Waals surface area contributed by atoms with Crippen molar-refractivity contribution in [1.29, 1.82) is 0 Å². The molecule has 2 aromatic carbocycles. The van der Waals surface area contributed by atoms with Crippen molar-refractivity contribution in [3.05, 3.63) is 70.4 Å². The van der Waals surface area contributed by atoms with Crippen LogP contribution in [0.1, 0.15) is 21.6 Å². The number of aryl methyl sites for hydroxylation is 1. The minimum Gasteiger partial charge on any atom is -0.497 e. The third-order valence-electron chi connectivity index (χ3n) is 3.95. The van der Waals surface area contributed by atoms with Crippen LogP contribution in [0.5, 0.6) is 5.75 Å². The Labute approximate surface area is 150 Å². The zero-order valence-corrected chi connectivity index (χ0v) is 14.6. The second-order valence-electron chi connectivity index (χ2n) is 5.69. The highest BCUT2D eigenvalue weighted by Crippen LogP contribution is 2.23. The van der Waals surface area contributed by atoms with Crippen LogP contribution < -0.4 is 4.74 Å². The highest BCUT2D eigenvalue weighted by atomic mass is 35.5. The lowest BCUT2D eigenvalue weighted by molar-refractivity contribution is 0.0684. The third-order valence-corrected chi connectivity index (χ3v) is 4.36. The smallest absolute Gasteiger partial charge is 0.354 e. The minimum atomic E-state index is -1.02. The van der Waals surface area contributed by atoms with Crippen molar-refractivity contribution < 1.29 is 14.6 Å². The molecule has 0 saturated carbocycles. The normalized spacial score (nSPS) is 10.7. The number of hydrogen-bond donors (Lipinski definition) is 1. The fourth-order valence-corrected chi connectivity index (χ4v) is 2.72. The number of hydrogen-bond acceptors (Lipinski definition) is 3. The van der Waals surface area contributed by atoms with Crippen molar-refractivity contribution in [2.45, 2.75) is 13.5 Å². The van der Waals surface area contributed by atoms with Crippen molar-refractivity contribution >= 4 is 17.6 Å². The zero-order chi connectivity index (χ0) is 18.0. The molecule has 0 spiro atoms. The Morgan fingerprint density at radius 2 is 1.92 bits per heavy atom. The molecular formula is C19H17ClN2O3. The first-order chi connectivity index (χ1) is 12.0. The SMILES string of the molecule is COc1ccc(-c2cc(C(=O)O)n(Cc3ccc(C)c(Cl)c3)n2)cc1. The second-order valence-corrected chi connectivity index (χ2v) is 6.10. The molecule has 5 nitrogen and oxygen atoms in total. The number of ether oxygens (including phenoxy) is 1. The Kier molecular flexibility index (Phi) is 4.76. The molecule has 0 amide bonds. The molecule has 0 atom stereocenters. The van der Waals surface area contributed by atoms with Crippen LogP contribution in [0.25, 0.3) is 11.3 Å². The van der Waals surface area contributed by atoms with Crippen LogP contribution in [0.15, 0.2) is 48.5 Å². The number of rotatable bonds is 5. The maximum Gasteiger partial charge on any atom is 0.354 e. The monoisotopic (exact) mass is 356 g/mol. The topological polar surface area (TPSA) is 64.3 Å². The minimum absolute atomic E-state index is 0.127. The lowest BCUT2D eigenvalue weighted by Gasteiger charge is -2.06. The van der Waals surface area contributed by atoms with E-state index >= 15 is 0 Å². The van der Waals surface area contributed by atoms with Gasteiger partial charge in [-0.2, -0.15) is 5.10 Å². The van der Waals surface area contributed by atoms with Gasteiger partial charge in [0, 0.05) is 10.6 Å². The van der Waals surface area contributed by atoms with Crippen molar-refractivity contribution in [3.63, 3.8) is 0 Å². The van der Waals surface area contributed by atoms with E-state index in [1.807, 2.05) is 49.4 Å². The van der Waals surface area contributed by atoms with Gasteiger partial charge in [0.2, 0.25) is 0 Å². The van der Waals surface area contributed by atoms with Crippen LogP contribution >= 0.6 is 11.6 Å². The third kappa shape index (κ3) is 3.67. The number of aromatic carboxylic acids is 1. The summed E-state index contributed by atoms with van der Waals surface area (Å²) in [5.74, 6) is -0.290. The molecule has 1 N–H and O–H groups in total. The van der Waals surface area contributed by atoms with E-state index in [0.717, 1.165) is 22.4 Å². The highest BCUT2D eigenvalue weighted by Gasteiger charge is 2.16. The summed E-state index contributed by atoms with van der Waals surface area (Å²) in [4.78, 5) is 11.6. The van der Waals surface area contributed by atoms with Gasteiger partial charge in [0.1, 0.15) is 11.4 Å². The molecule has 0 fully saturated rings. The average Bonchev–Trinajstić information content (AvgIpc) is 3.02. The number of aromatic nitrogens is 2. The summed E-state index contributed by atoms with van der Waals surface area (Å²) in [5.41, 5.74) is 3.41. The number of benzene rings is 2. The summed E-state index contributed by atoms with van der Waals surface area (Å²) in [5, 5.41) is 14.6. The van der Waals surface area contributed by atoms with Crippen molar-refractivity contribution in [2.24, 2.45) is 0 Å². The molecule has 6 heteroatoms. The number of carboxylic acids is 1. The molecule has 0 aliphatic heterocycles. The van der Waals surface area contributed by atoms with E-state index in [2.05, 4.69) is 5.10 Å². The van der Waals surface area contributed by atoms with Gasteiger partial charge in [-0.05, 0) is 54.4 Å². The van der Waals surface area contributed by atoms with E-state index in [0.29, 0.717) is 17.3 Å². The highest BCUT2D eigenvalue weighted by molar-refractivity contribution is 6.31. The standard InChI is InChI=1S/C19H17ClN2O3/c1-12-3-4-13(9-16(12)20)11-22-18(19(23)24)10-17(21-22)14-5-7-15(25-2)8-6-14/h3-10H,11H2,1-2H3,(H,23,24). The van der Waals surface area contributed by atoms with Crippen molar-refractivity contribution in [1.82, 2.24) is 9.78 Å². The predicted molar refractivity (Wildman–Crippen MR) is 96.5 cm³/mol. The molecule has 0 saturated heterocycles. The molecular weight excluding hydrogens is 340 g/mol. The van der Waals surface area contributed by atoms with Gasteiger partial charge in [-0.3, -0.25) is 4.68 Å². The number of carbonyl (C=O) groups is 1. The van der Waals surface area contributed by atoms with Crippen molar-refractivity contribution in [2.75, 3.05) is 7.11 Å². The first kappa shape index (κ1) is 17.0. The summed E-state index contributed by atoms with van der Waals surface area (Å²) in [7, 11) is 1.60. The van der Waals surface area contributed by atoms with Crippen LogP contribution in [0.3, 0.4) is 0 Å². The van der Waals surface area contributed by atoms with Crippen molar-refractivity contribution in [3.8, 4) is 17.0 Å². The molecule has 128 valence electrons. The van der Waals surface area contributed by atoms with Crippen LogP contribution in [-0.2, 0) is 6.54 Å². The maximum absolute atomic E-state index is 11.6. The molecule has 1 aromatic heterocycles. The molecule has 1 heterocycles. The average molecular weight is 357 g/mol. The first-order valence-electron chi connectivity index (χ1n) is 7.68. The van der Waals surface area contributed by atoms with Gasteiger partial charge in [-0.1, -0.05) is 23.7 Å². The summed E-state index contributed by atoms with van der Waals surface area (Å²) in [6, 6.07) is 14.5. The number of methoxy groups -OCH3 is 1. The summed E-state index contributed by atoms with van der Waals surface area (Å²) in [6.07, 6.45) is 0. The van der Waals surface area contributed by atoms with Gasteiger partial charge in [-0.25, -0.2) is 4.79 Å². The van der Waals surface area contributed by atoms with Crippen LogP contribution in [0.4, 0.5) is 0 Å². The van der Waals surface area contributed by atoms with Crippen LogP contribution in [0.2, 0.25) is 5.02 Å². The summed E-state index contributed by atoms with van der Waals surface area (Å²) >= 11 is 6.15. The molecule has 0 unspecified atom stereocenters. The van der Waals surface area contributed by atoms with E-state index in [1.165, 1.54) is 4.68 Å². The van der Waals surface area contributed by atoms with Crippen LogP contribution in [0, 0.1) is 6.92 Å². The molecule has 0 radical (unpaired) electrons. The maximum atomic E-state index is 11.6. The predicted octanol–water partition coefficient (Wildman–Crippen LogP) is 4.27. The zero-order valence-electron chi connectivity index (χ0n) is 13.9. The van der Waals surface area contributed by atoms with E-state index in [-0.39, 0.29) is 5.69 Å². The Morgan fingerprint density at radius 3 is 2.52 bits per heavy atom. The molecule has 0 aliphatic carbocycles. The van der Waals surface area contributed by atoms with E-state index in [9.17, 15) is 9.90 Å².